The summed E-state index contributed by atoms with van der Waals surface area (Å²) < 4.78 is 6.25. The number of nitrogens with two attached hydrogens (primary N) is 1. The fourth-order valence-electron chi connectivity index (χ4n) is 1.26. The molecule has 0 spiro atoms. The molecule has 0 unspecified atom stereocenters. The molecule has 18 heavy (non-hydrogen) atoms. The summed E-state index contributed by atoms with van der Waals surface area (Å²) in [5.74, 6) is 0.649. The van der Waals surface area contributed by atoms with Crippen molar-refractivity contribution in [3.63, 3.8) is 0 Å². The third-order valence-corrected chi connectivity index (χ3v) is 3.09. The molecule has 0 radical (unpaired) electrons. The predicted octanol–water partition coefficient (Wildman–Crippen LogP) is 2.98. The van der Waals surface area contributed by atoms with E-state index in [1.54, 1.807) is 6.07 Å². The molecular formula is C11H6ClIN4O. The maximum Gasteiger partial charge on any atom is 0.241 e. The first kappa shape index (κ1) is 12.9. The van der Waals surface area contributed by atoms with Crippen LogP contribution in [-0.4, -0.2) is 9.97 Å². The molecule has 2 N–H and O–H groups in total. The van der Waals surface area contributed by atoms with Gasteiger partial charge in [0.25, 0.3) is 0 Å². The van der Waals surface area contributed by atoms with Crippen molar-refractivity contribution >= 4 is 39.9 Å². The topological polar surface area (TPSA) is 84.8 Å². The molecule has 1 heterocycles. The van der Waals surface area contributed by atoms with Crippen molar-refractivity contribution in [2.45, 2.75) is 0 Å². The van der Waals surface area contributed by atoms with Crippen molar-refractivity contribution in [2.24, 2.45) is 0 Å². The van der Waals surface area contributed by atoms with Crippen LogP contribution in [0.2, 0.25) is 5.02 Å². The van der Waals surface area contributed by atoms with E-state index in [-0.39, 0.29) is 10.9 Å². The first-order valence-electron chi connectivity index (χ1n) is 4.74. The molecule has 0 saturated heterocycles. The highest BCUT2D eigenvalue weighted by atomic mass is 127. The van der Waals surface area contributed by atoms with Gasteiger partial charge in [0.2, 0.25) is 5.88 Å². The fourth-order valence-corrected chi connectivity index (χ4v) is 2.16. The van der Waals surface area contributed by atoms with Gasteiger partial charge in [-0.25, -0.2) is 9.97 Å². The molecule has 0 fully saturated rings. The van der Waals surface area contributed by atoms with Crippen LogP contribution in [0.3, 0.4) is 0 Å². The van der Waals surface area contributed by atoms with E-state index in [0.29, 0.717) is 20.6 Å². The van der Waals surface area contributed by atoms with Crippen molar-refractivity contribution in [2.75, 3.05) is 5.73 Å². The normalized spacial score (nSPS) is 9.83. The minimum absolute atomic E-state index is 0.223. The number of ether oxygens (including phenoxy) is 1. The molecule has 90 valence electrons. The lowest BCUT2D eigenvalue weighted by atomic mass is 10.2. The van der Waals surface area contributed by atoms with Crippen LogP contribution >= 0.6 is 34.2 Å². The van der Waals surface area contributed by atoms with E-state index in [1.807, 2.05) is 28.7 Å². The molecule has 0 aliphatic heterocycles. The van der Waals surface area contributed by atoms with Gasteiger partial charge < -0.3 is 10.5 Å². The minimum Gasteiger partial charge on any atom is -0.434 e. The summed E-state index contributed by atoms with van der Waals surface area (Å²) in [6, 6.07) is 5.22. The maximum atomic E-state index is 8.82. The molecular weight excluding hydrogens is 367 g/mol. The van der Waals surface area contributed by atoms with E-state index < -0.39 is 0 Å². The SMILES string of the molecule is N#Cc1cc(N)c(Oc2ncncc2Cl)c(I)c1. The lowest BCUT2D eigenvalue weighted by Gasteiger charge is -2.10. The van der Waals surface area contributed by atoms with Gasteiger partial charge in [0.15, 0.2) is 5.75 Å². The Hall–Kier alpha value is -1.59. The van der Waals surface area contributed by atoms with Crippen LogP contribution in [0.5, 0.6) is 11.6 Å². The fraction of sp³-hybridized carbons (Fsp3) is 0. The monoisotopic (exact) mass is 372 g/mol. The number of nitriles is 1. The summed E-state index contributed by atoms with van der Waals surface area (Å²) in [7, 11) is 0. The van der Waals surface area contributed by atoms with E-state index in [0.717, 1.165) is 0 Å². The van der Waals surface area contributed by atoms with Gasteiger partial charge >= 0.3 is 0 Å². The van der Waals surface area contributed by atoms with E-state index in [9.17, 15) is 0 Å². The molecule has 0 saturated carbocycles. The van der Waals surface area contributed by atoms with Gasteiger partial charge in [0.1, 0.15) is 11.3 Å². The van der Waals surface area contributed by atoms with Gasteiger partial charge in [0.05, 0.1) is 27.1 Å². The van der Waals surface area contributed by atoms with Gasteiger partial charge in [-0.05, 0) is 34.7 Å². The summed E-state index contributed by atoms with van der Waals surface area (Å²) in [6.45, 7) is 0. The third kappa shape index (κ3) is 2.63. The highest BCUT2D eigenvalue weighted by Crippen LogP contribution is 2.34. The summed E-state index contributed by atoms with van der Waals surface area (Å²) in [5, 5.41) is 9.11. The molecule has 0 atom stereocenters. The number of nitrogens with zero attached hydrogens (tertiary/aromatic N) is 3. The molecule has 2 rings (SSSR count). The average Bonchev–Trinajstić information content (AvgIpc) is 2.35. The van der Waals surface area contributed by atoms with E-state index in [1.165, 1.54) is 18.6 Å². The number of aromatic nitrogens is 2. The Balaban J connectivity index is 2.42. The van der Waals surface area contributed by atoms with Crippen LogP contribution in [0.15, 0.2) is 24.7 Å². The molecule has 0 bridgehead atoms. The Kier molecular flexibility index (Phi) is 3.84. The van der Waals surface area contributed by atoms with Crippen LogP contribution in [-0.2, 0) is 0 Å². The third-order valence-electron chi connectivity index (χ3n) is 2.03. The first-order chi connectivity index (χ1) is 8.61. The molecule has 1 aromatic heterocycles. The number of anilines is 1. The van der Waals surface area contributed by atoms with Gasteiger partial charge in [0, 0.05) is 0 Å². The Morgan fingerprint density at radius 1 is 1.44 bits per heavy atom. The average molecular weight is 373 g/mol. The van der Waals surface area contributed by atoms with Crippen molar-refractivity contribution in [1.82, 2.24) is 9.97 Å². The second kappa shape index (κ2) is 5.37. The second-order valence-electron chi connectivity index (χ2n) is 3.27. The number of benzene rings is 1. The number of halogens is 2. The van der Waals surface area contributed by atoms with Crippen LogP contribution in [0.1, 0.15) is 5.56 Å². The summed E-state index contributed by atoms with van der Waals surface area (Å²) in [6.07, 6.45) is 2.75. The van der Waals surface area contributed by atoms with Crippen molar-refractivity contribution in [1.29, 1.82) is 5.26 Å². The van der Waals surface area contributed by atoms with E-state index in [4.69, 9.17) is 27.3 Å². The predicted molar refractivity (Wildman–Crippen MR) is 75.4 cm³/mol. The Bertz CT molecular complexity index is 618. The molecule has 1 aromatic carbocycles. The van der Waals surface area contributed by atoms with Gasteiger partial charge in [-0.15, -0.1) is 0 Å². The van der Waals surface area contributed by atoms with Crippen LogP contribution in [0, 0.1) is 14.9 Å². The highest BCUT2D eigenvalue weighted by Gasteiger charge is 2.12. The Labute approximate surface area is 122 Å². The summed E-state index contributed by atoms with van der Waals surface area (Å²) in [4.78, 5) is 7.67. The molecule has 0 aliphatic carbocycles. The zero-order valence-corrected chi connectivity index (χ0v) is 11.8. The lowest BCUT2D eigenvalue weighted by Crippen LogP contribution is -1.98. The Morgan fingerprint density at radius 2 is 2.22 bits per heavy atom. The smallest absolute Gasteiger partial charge is 0.241 e. The van der Waals surface area contributed by atoms with Crippen LogP contribution in [0.4, 0.5) is 5.69 Å². The first-order valence-corrected chi connectivity index (χ1v) is 6.20. The maximum absolute atomic E-state index is 8.82. The summed E-state index contributed by atoms with van der Waals surface area (Å²) in [5.41, 5.74) is 6.65. The highest BCUT2D eigenvalue weighted by molar-refractivity contribution is 14.1. The number of rotatable bonds is 2. The molecule has 7 heteroatoms. The summed E-state index contributed by atoms with van der Waals surface area (Å²) >= 11 is 7.92. The van der Waals surface area contributed by atoms with Crippen molar-refractivity contribution < 1.29 is 4.74 Å². The van der Waals surface area contributed by atoms with Gasteiger partial charge in [-0.1, -0.05) is 11.6 Å². The largest absolute Gasteiger partial charge is 0.434 e. The van der Waals surface area contributed by atoms with E-state index in [2.05, 4.69) is 9.97 Å². The minimum atomic E-state index is 0.223. The quantitative estimate of drug-likeness (QED) is 0.647. The molecule has 2 aromatic rings. The zero-order chi connectivity index (χ0) is 13.1. The Morgan fingerprint density at radius 3 is 2.83 bits per heavy atom. The van der Waals surface area contributed by atoms with Crippen LogP contribution in [0.25, 0.3) is 0 Å². The van der Waals surface area contributed by atoms with Crippen molar-refractivity contribution in [3.05, 3.63) is 38.8 Å². The van der Waals surface area contributed by atoms with Gasteiger partial charge in [-0.3, -0.25) is 0 Å². The number of hydrogen-bond acceptors (Lipinski definition) is 5. The zero-order valence-electron chi connectivity index (χ0n) is 8.89. The number of nitrogen functional groups attached to an aromatic ring is 1. The van der Waals surface area contributed by atoms with E-state index >= 15 is 0 Å². The van der Waals surface area contributed by atoms with Gasteiger partial charge in [-0.2, -0.15) is 5.26 Å². The molecule has 0 aliphatic rings. The number of hydrogen-bond donors (Lipinski definition) is 1. The van der Waals surface area contributed by atoms with Crippen LogP contribution < -0.4 is 10.5 Å². The lowest BCUT2D eigenvalue weighted by molar-refractivity contribution is 0.461. The molecule has 0 amide bonds. The van der Waals surface area contributed by atoms with Crippen molar-refractivity contribution in [3.8, 4) is 17.7 Å². The molecule has 5 nitrogen and oxygen atoms in total. The standard InChI is InChI=1S/C11H6ClIN4O/c12-7-4-16-5-17-11(7)18-10-8(13)1-6(3-14)2-9(10)15/h1-2,4-5H,15H2. The second-order valence-corrected chi connectivity index (χ2v) is 4.84.